The largest absolute Gasteiger partial charge is 0.481 e. The van der Waals surface area contributed by atoms with Gasteiger partial charge in [0.15, 0.2) is 0 Å². The molecule has 0 unspecified atom stereocenters. The number of aromatic nitrogens is 1. The summed E-state index contributed by atoms with van der Waals surface area (Å²) in [7, 11) is 0. The molecule has 1 heterocycles. The van der Waals surface area contributed by atoms with Gasteiger partial charge in [0.05, 0.1) is 12.1 Å². The van der Waals surface area contributed by atoms with Gasteiger partial charge in [0.1, 0.15) is 5.82 Å². The molecule has 0 aliphatic carbocycles. The number of hydrogen-bond acceptors (Lipinski definition) is 1. The van der Waals surface area contributed by atoms with E-state index in [-0.39, 0.29) is 6.42 Å². The van der Waals surface area contributed by atoms with Gasteiger partial charge in [-0.3, -0.25) is 4.79 Å². The fourth-order valence-electron chi connectivity index (χ4n) is 2.45. The Labute approximate surface area is 125 Å². The number of aromatic amines is 1. The summed E-state index contributed by atoms with van der Waals surface area (Å²) in [5.41, 5.74) is 2.53. The molecule has 2 N–H and O–H groups in total. The van der Waals surface area contributed by atoms with Crippen molar-refractivity contribution >= 4 is 28.5 Å². The van der Waals surface area contributed by atoms with E-state index in [0.717, 1.165) is 0 Å². The second-order valence-electron chi connectivity index (χ2n) is 4.72. The molecule has 0 atom stereocenters. The van der Waals surface area contributed by atoms with Gasteiger partial charge in [-0.2, -0.15) is 0 Å². The molecule has 1 aromatic heterocycles. The molecule has 0 aliphatic heterocycles. The van der Waals surface area contributed by atoms with Crippen LogP contribution in [0.2, 0.25) is 5.02 Å². The van der Waals surface area contributed by atoms with Gasteiger partial charge >= 0.3 is 5.97 Å². The van der Waals surface area contributed by atoms with Gasteiger partial charge in [-0.05, 0) is 29.8 Å². The molecule has 0 aliphatic rings. The first-order valence-electron chi connectivity index (χ1n) is 6.33. The van der Waals surface area contributed by atoms with E-state index in [1.54, 1.807) is 24.3 Å². The monoisotopic (exact) mass is 303 g/mol. The summed E-state index contributed by atoms with van der Waals surface area (Å²) in [6.45, 7) is 0. The smallest absolute Gasteiger partial charge is 0.307 e. The van der Waals surface area contributed by atoms with Crippen LogP contribution in [-0.2, 0) is 11.2 Å². The maximum absolute atomic E-state index is 13.5. The van der Waals surface area contributed by atoms with Crippen LogP contribution in [0.5, 0.6) is 0 Å². The SMILES string of the molecule is O=C(O)Cc1c(-c2ccccc2Cl)[nH]c2ccc(F)cc12. The third-order valence-electron chi connectivity index (χ3n) is 3.34. The topological polar surface area (TPSA) is 53.1 Å². The number of H-pyrrole nitrogens is 1. The van der Waals surface area contributed by atoms with Crippen molar-refractivity contribution in [2.24, 2.45) is 0 Å². The maximum Gasteiger partial charge on any atom is 0.307 e. The van der Waals surface area contributed by atoms with Crippen LogP contribution in [0.25, 0.3) is 22.2 Å². The first kappa shape index (κ1) is 13.6. The van der Waals surface area contributed by atoms with E-state index in [2.05, 4.69) is 4.98 Å². The number of aliphatic carboxylic acids is 1. The van der Waals surface area contributed by atoms with Crippen LogP contribution in [0.4, 0.5) is 4.39 Å². The minimum atomic E-state index is -0.978. The second-order valence-corrected chi connectivity index (χ2v) is 5.13. The van der Waals surface area contributed by atoms with Gasteiger partial charge < -0.3 is 10.1 Å². The van der Waals surface area contributed by atoms with Crippen molar-refractivity contribution in [1.82, 2.24) is 4.98 Å². The molecule has 0 amide bonds. The Balaban J connectivity index is 2.31. The summed E-state index contributed by atoms with van der Waals surface area (Å²) >= 11 is 6.18. The van der Waals surface area contributed by atoms with Gasteiger partial charge in [0, 0.05) is 21.5 Å². The molecule has 5 heteroatoms. The summed E-state index contributed by atoms with van der Waals surface area (Å²) < 4.78 is 13.5. The fourth-order valence-corrected chi connectivity index (χ4v) is 2.68. The Morgan fingerprint density at radius 3 is 2.71 bits per heavy atom. The van der Waals surface area contributed by atoms with Gasteiger partial charge in [0.2, 0.25) is 0 Å². The van der Waals surface area contributed by atoms with E-state index in [1.807, 2.05) is 6.07 Å². The van der Waals surface area contributed by atoms with Crippen LogP contribution in [-0.4, -0.2) is 16.1 Å². The first-order valence-corrected chi connectivity index (χ1v) is 6.71. The Bertz CT molecular complexity index is 841. The zero-order chi connectivity index (χ0) is 15.0. The van der Waals surface area contributed by atoms with E-state index in [0.29, 0.717) is 32.7 Å². The average Bonchev–Trinajstić information content (AvgIpc) is 2.77. The lowest BCUT2D eigenvalue weighted by molar-refractivity contribution is -0.136. The standard InChI is InChI=1S/C16H11ClFNO2/c17-13-4-2-1-3-10(13)16-12(8-15(20)21)11-7-9(18)5-6-14(11)19-16/h1-7,19H,8H2,(H,20,21). The zero-order valence-electron chi connectivity index (χ0n) is 10.9. The van der Waals surface area contributed by atoms with Crippen molar-refractivity contribution in [2.45, 2.75) is 6.42 Å². The lowest BCUT2D eigenvalue weighted by Crippen LogP contribution is -2.01. The van der Waals surface area contributed by atoms with Gasteiger partial charge in [-0.1, -0.05) is 29.8 Å². The van der Waals surface area contributed by atoms with Crippen LogP contribution in [0.1, 0.15) is 5.56 Å². The maximum atomic E-state index is 13.5. The van der Waals surface area contributed by atoms with Crippen molar-refractivity contribution in [2.75, 3.05) is 0 Å². The minimum absolute atomic E-state index is 0.204. The minimum Gasteiger partial charge on any atom is -0.481 e. The highest BCUT2D eigenvalue weighted by Crippen LogP contribution is 2.34. The second kappa shape index (κ2) is 5.22. The summed E-state index contributed by atoms with van der Waals surface area (Å²) in [5, 5.41) is 10.2. The predicted molar refractivity (Wildman–Crippen MR) is 80.0 cm³/mol. The van der Waals surface area contributed by atoms with Crippen molar-refractivity contribution in [3.63, 3.8) is 0 Å². The molecular formula is C16H11ClFNO2. The number of halogens is 2. The van der Waals surface area contributed by atoms with Crippen molar-refractivity contribution < 1.29 is 14.3 Å². The highest BCUT2D eigenvalue weighted by molar-refractivity contribution is 6.33. The van der Waals surface area contributed by atoms with E-state index in [9.17, 15) is 9.18 Å². The first-order chi connectivity index (χ1) is 10.1. The molecular weight excluding hydrogens is 293 g/mol. The molecule has 21 heavy (non-hydrogen) atoms. The third kappa shape index (κ3) is 2.50. The van der Waals surface area contributed by atoms with Gasteiger partial charge in [-0.15, -0.1) is 0 Å². The van der Waals surface area contributed by atoms with E-state index >= 15 is 0 Å². The molecule has 3 nitrogen and oxygen atoms in total. The quantitative estimate of drug-likeness (QED) is 0.760. The average molecular weight is 304 g/mol. The van der Waals surface area contributed by atoms with E-state index in [4.69, 9.17) is 16.7 Å². The highest BCUT2D eigenvalue weighted by atomic mass is 35.5. The number of hydrogen-bond donors (Lipinski definition) is 2. The molecule has 0 saturated carbocycles. The van der Waals surface area contributed by atoms with Crippen molar-refractivity contribution in [3.8, 4) is 11.3 Å². The number of carboxylic acids is 1. The van der Waals surface area contributed by atoms with Crippen molar-refractivity contribution in [1.29, 1.82) is 0 Å². The lowest BCUT2D eigenvalue weighted by atomic mass is 10.0. The number of benzene rings is 2. The number of fused-ring (bicyclic) bond motifs is 1. The lowest BCUT2D eigenvalue weighted by Gasteiger charge is -2.05. The summed E-state index contributed by atoms with van der Waals surface area (Å²) in [4.78, 5) is 14.3. The number of carboxylic acid groups (broad SMARTS) is 1. The zero-order valence-corrected chi connectivity index (χ0v) is 11.6. The Kier molecular flexibility index (Phi) is 3.39. The fraction of sp³-hybridized carbons (Fsp3) is 0.0625. The molecule has 3 rings (SSSR count). The molecule has 0 spiro atoms. The molecule has 3 aromatic rings. The summed E-state index contributed by atoms with van der Waals surface area (Å²) in [6, 6.07) is 11.4. The number of nitrogens with one attached hydrogen (secondary N) is 1. The molecule has 0 radical (unpaired) electrons. The van der Waals surface area contributed by atoms with Gasteiger partial charge in [0.25, 0.3) is 0 Å². The third-order valence-corrected chi connectivity index (χ3v) is 3.67. The van der Waals surface area contributed by atoms with Crippen LogP contribution < -0.4 is 0 Å². The van der Waals surface area contributed by atoms with Gasteiger partial charge in [-0.25, -0.2) is 4.39 Å². The molecule has 0 saturated heterocycles. The van der Waals surface area contributed by atoms with Crippen LogP contribution in [0.15, 0.2) is 42.5 Å². The summed E-state index contributed by atoms with van der Waals surface area (Å²) in [5.74, 6) is -1.38. The molecule has 0 fully saturated rings. The van der Waals surface area contributed by atoms with Crippen LogP contribution in [0, 0.1) is 5.82 Å². The van der Waals surface area contributed by atoms with Crippen molar-refractivity contribution in [3.05, 3.63) is 58.9 Å². The van der Waals surface area contributed by atoms with E-state index < -0.39 is 11.8 Å². The Morgan fingerprint density at radius 2 is 2.00 bits per heavy atom. The summed E-state index contributed by atoms with van der Waals surface area (Å²) in [6.07, 6.45) is -0.204. The number of rotatable bonds is 3. The van der Waals surface area contributed by atoms with Crippen LogP contribution in [0.3, 0.4) is 0 Å². The number of carbonyl (C=O) groups is 1. The van der Waals surface area contributed by atoms with Crippen LogP contribution >= 0.6 is 11.6 Å². The molecule has 106 valence electrons. The Morgan fingerprint density at radius 1 is 1.24 bits per heavy atom. The predicted octanol–water partition coefficient (Wildman–Crippen LogP) is 4.25. The highest BCUT2D eigenvalue weighted by Gasteiger charge is 2.17. The molecule has 2 aromatic carbocycles. The Hall–Kier alpha value is -2.33. The van der Waals surface area contributed by atoms with E-state index in [1.165, 1.54) is 12.1 Å². The normalized spacial score (nSPS) is 11.0. The molecule has 0 bridgehead atoms.